The summed E-state index contributed by atoms with van der Waals surface area (Å²) in [5.74, 6) is -0.776. The first kappa shape index (κ1) is 11.6. The van der Waals surface area contributed by atoms with Gasteiger partial charge in [-0.1, -0.05) is 19.1 Å². The third kappa shape index (κ3) is 4.02. The number of rotatable bonds is 5. The topological polar surface area (TPSA) is 49.3 Å². The molecule has 0 saturated heterocycles. The van der Waals surface area contributed by atoms with E-state index in [4.69, 9.17) is 5.11 Å². The standard InChI is InChI=1S/C12H17NO2/c1-3-10-5-4-6-11(8-10)13-9(2)7-12(14)15/h4-6,8-9,13H,3,7H2,1-2H3,(H,14,15). The van der Waals surface area contributed by atoms with Crippen LogP contribution < -0.4 is 5.32 Å². The highest BCUT2D eigenvalue weighted by Crippen LogP contribution is 2.13. The molecule has 0 amide bonds. The Kier molecular flexibility index (Phi) is 4.16. The first-order valence-corrected chi connectivity index (χ1v) is 5.19. The maximum absolute atomic E-state index is 10.5. The lowest BCUT2D eigenvalue weighted by molar-refractivity contribution is -0.137. The van der Waals surface area contributed by atoms with Crippen LogP contribution in [-0.2, 0) is 11.2 Å². The number of aryl methyl sites for hydroxylation is 1. The number of hydrogen-bond donors (Lipinski definition) is 2. The summed E-state index contributed by atoms with van der Waals surface area (Å²) in [6, 6.07) is 8.01. The summed E-state index contributed by atoms with van der Waals surface area (Å²) in [7, 11) is 0. The molecule has 0 bridgehead atoms. The third-order valence-electron chi connectivity index (χ3n) is 2.23. The van der Waals surface area contributed by atoms with Crippen LogP contribution in [0.25, 0.3) is 0 Å². The fourth-order valence-electron chi connectivity index (χ4n) is 1.48. The predicted molar refractivity (Wildman–Crippen MR) is 61.2 cm³/mol. The highest BCUT2D eigenvalue weighted by Gasteiger charge is 2.06. The van der Waals surface area contributed by atoms with Crippen LogP contribution in [0.3, 0.4) is 0 Å². The second kappa shape index (κ2) is 5.39. The monoisotopic (exact) mass is 207 g/mol. The van der Waals surface area contributed by atoms with E-state index in [0.717, 1.165) is 12.1 Å². The molecule has 0 saturated carbocycles. The van der Waals surface area contributed by atoms with Crippen molar-refractivity contribution in [3.8, 4) is 0 Å². The Hall–Kier alpha value is -1.51. The molecule has 0 aromatic heterocycles. The van der Waals surface area contributed by atoms with Gasteiger partial charge in [-0.2, -0.15) is 0 Å². The zero-order valence-corrected chi connectivity index (χ0v) is 9.16. The molecular weight excluding hydrogens is 190 g/mol. The SMILES string of the molecule is CCc1cccc(NC(C)CC(=O)O)c1. The molecule has 0 heterocycles. The van der Waals surface area contributed by atoms with E-state index in [9.17, 15) is 4.79 Å². The number of nitrogens with one attached hydrogen (secondary N) is 1. The van der Waals surface area contributed by atoms with E-state index in [-0.39, 0.29) is 12.5 Å². The van der Waals surface area contributed by atoms with Gasteiger partial charge in [0.1, 0.15) is 0 Å². The quantitative estimate of drug-likeness (QED) is 0.780. The van der Waals surface area contributed by atoms with Crippen molar-refractivity contribution in [1.82, 2.24) is 0 Å². The number of carboxylic acids is 1. The van der Waals surface area contributed by atoms with Crippen LogP contribution in [0.1, 0.15) is 25.8 Å². The van der Waals surface area contributed by atoms with E-state index >= 15 is 0 Å². The van der Waals surface area contributed by atoms with Gasteiger partial charge in [-0.25, -0.2) is 0 Å². The summed E-state index contributed by atoms with van der Waals surface area (Å²) >= 11 is 0. The van der Waals surface area contributed by atoms with Gasteiger partial charge in [-0.3, -0.25) is 4.79 Å². The van der Waals surface area contributed by atoms with Crippen LogP contribution in [0, 0.1) is 0 Å². The van der Waals surface area contributed by atoms with Crippen LogP contribution >= 0.6 is 0 Å². The maximum atomic E-state index is 10.5. The molecule has 0 spiro atoms. The number of carboxylic acid groups (broad SMARTS) is 1. The first-order valence-electron chi connectivity index (χ1n) is 5.19. The average molecular weight is 207 g/mol. The van der Waals surface area contributed by atoms with Crippen LogP contribution in [0.5, 0.6) is 0 Å². The van der Waals surface area contributed by atoms with Crippen LogP contribution in [0.15, 0.2) is 24.3 Å². The molecule has 3 heteroatoms. The van der Waals surface area contributed by atoms with Crippen molar-refractivity contribution in [1.29, 1.82) is 0 Å². The van der Waals surface area contributed by atoms with Crippen LogP contribution in [0.2, 0.25) is 0 Å². The Balaban J connectivity index is 2.59. The molecule has 1 unspecified atom stereocenters. The molecule has 3 nitrogen and oxygen atoms in total. The Morgan fingerprint density at radius 1 is 1.53 bits per heavy atom. The van der Waals surface area contributed by atoms with Gasteiger partial charge in [0.25, 0.3) is 0 Å². The normalized spacial score (nSPS) is 12.1. The molecule has 1 atom stereocenters. The summed E-state index contributed by atoms with van der Waals surface area (Å²) in [6.45, 7) is 3.96. The van der Waals surface area contributed by atoms with Gasteiger partial charge in [0.2, 0.25) is 0 Å². The second-order valence-corrected chi connectivity index (χ2v) is 3.70. The molecule has 2 N–H and O–H groups in total. The summed E-state index contributed by atoms with van der Waals surface area (Å²) < 4.78 is 0. The van der Waals surface area contributed by atoms with Crippen molar-refractivity contribution in [3.05, 3.63) is 29.8 Å². The van der Waals surface area contributed by atoms with E-state index < -0.39 is 5.97 Å². The maximum Gasteiger partial charge on any atom is 0.305 e. The van der Waals surface area contributed by atoms with Gasteiger partial charge < -0.3 is 10.4 Å². The third-order valence-corrected chi connectivity index (χ3v) is 2.23. The molecular formula is C12H17NO2. The molecule has 0 radical (unpaired) electrons. The number of hydrogen-bond acceptors (Lipinski definition) is 2. The molecule has 0 aliphatic rings. The summed E-state index contributed by atoms with van der Waals surface area (Å²) in [4.78, 5) is 10.5. The van der Waals surface area contributed by atoms with Gasteiger partial charge in [0, 0.05) is 11.7 Å². The Morgan fingerprint density at radius 3 is 2.87 bits per heavy atom. The molecule has 82 valence electrons. The van der Waals surface area contributed by atoms with Gasteiger partial charge in [-0.05, 0) is 31.0 Å². The molecule has 1 aromatic carbocycles. The van der Waals surface area contributed by atoms with Gasteiger partial charge in [0.05, 0.1) is 6.42 Å². The minimum atomic E-state index is -0.776. The molecule has 0 aliphatic heterocycles. The van der Waals surface area contributed by atoms with Crippen LogP contribution in [0.4, 0.5) is 5.69 Å². The van der Waals surface area contributed by atoms with Crippen LogP contribution in [-0.4, -0.2) is 17.1 Å². The Labute approximate surface area is 90.1 Å². The van der Waals surface area contributed by atoms with Gasteiger partial charge >= 0.3 is 5.97 Å². The van der Waals surface area contributed by atoms with E-state index in [2.05, 4.69) is 24.4 Å². The summed E-state index contributed by atoms with van der Waals surface area (Å²) in [5.41, 5.74) is 2.24. The fraction of sp³-hybridized carbons (Fsp3) is 0.417. The molecule has 1 rings (SSSR count). The van der Waals surface area contributed by atoms with Gasteiger partial charge in [-0.15, -0.1) is 0 Å². The number of anilines is 1. The lowest BCUT2D eigenvalue weighted by atomic mass is 10.1. The smallest absolute Gasteiger partial charge is 0.305 e. The Bertz CT molecular complexity index is 336. The van der Waals surface area contributed by atoms with Crippen molar-refractivity contribution in [2.45, 2.75) is 32.7 Å². The van der Waals surface area contributed by atoms with Crippen molar-refractivity contribution >= 4 is 11.7 Å². The van der Waals surface area contributed by atoms with Crippen molar-refractivity contribution in [2.24, 2.45) is 0 Å². The average Bonchev–Trinajstić information content (AvgIpc) is 2.16. The van der Waals surface area contributed by atoms with Crippen molar-refractivity contribution in [3.63, 3.8) is 0 Å². The first-order chi connectivity index (χ1) is 7.11. The van der Waals surface area contributed by atoms with Crippen molar-refractivity contribution < 1.29 is 9.90 Å². The molecule has 15 heavy (non-hydrogen) atoms. The van der Waals surface area contributed by atoms with E-state index in [0.29, 0.717) is 0 Å². The summed E-state index contributed by atoms with van der Waals surface area (Å²) in [5, 5.41) is 11.8. The number of carbonyl (C=O) groups is 1. The number of benzene rings is 1. The van der Waals surface area contributed by atoms with E-state index in [1.165, 1.54) is 5.56 Å². The molecule has 0 fully saturated rings. The zero-order valence-electron chi connectivity index (χ0n) is 9.16. The van der Waals surface area contributed by atoms with E-state index in [1.807, 2.05) is 19.1 Å². The predicted octanol–water partition coefficient (Wildman–Crippen LogP) is 2.52. The minimum Gasteiger partial charge on any atom is -0.481 e. The largest absolute Gasteiger partial charge is 0.481 e. The fourth-order valence-corrected chi connectivity index (χ4v) is 1.48. The minimum absolute atomic E-state index is 0.0467. The van der Waals surface area contributed by atoms with Crippen molar-refractivity contribution in [2.75, 3.05) is 5.32 Å². The van der Waals surface area contributed by atoms with E-state index in [1.54, 1.807) is 0 Å². The Morgan fingerprint density at radius 2 is 2.27 bits per heavy atom. The highest BCUT2D eigenvalue weighted by molar-refractivity contribution is 5.68. The highest BCUT2D eigenvalue weighted by atomic mass is 16.4. The molecule has 1 aromatic rings. The second-order valence-electron chi connectivity index (χ2n) is 3.70. The zero-order chi connectivity index (χ0) is 11.3. The lowest BCUT2D eigenvalue weighted by Crippen LogP contribution is -2.19. The summed E-state index contributed by atoms with van der Waals surface area (Å²) in [6.07, 6.45) is 1.12. The van der Waals surface area contributed by atoms with Gasteiger partial charge in [0.15, 0.2) is 0 Å². The lowest BCUT2D eigenvalue weighted by Gasteiger charge is -2.13. The number of aliphatic carboxylic acids is 1. The molecule has 0 aliphatic carbocycles.